The highest BCUT2D eigenvalue weighted by molar-refractivity contribution is 5.98. The van der Waals surface area contributed by atoms with Gasteiger partial charge >= 0.3 is 12.0 Å². The number of nitrogens with one attached hydrogen (secondary N) is 2. The van der Waals surface area contributed by atoms with Crippen molar-refractivity contribution in [3.63, 3.8) is 0 Å². The molecule has 3 aliphatic heterocycles. The van der Waals surface area contributed by atoms with Crippen LogP contribution in [0.1, 0.15) is 29.6 Å². The first-order valence-electron chi connectivity index (χ1n) is 11.8. The lowest BCUT2D eigenvalue weighted by Crippen LogP contribution is -2.52. The van der Waals surface area contributed by atoms with E-state index >= 15 is 0 Å². The van der Waals surface area contributed by atoms with E-state index in [-0.39, 0.29) is 23.5 Å². The molecule has 3 amide bonds. The summed E-state index contributed by atoms with van der Waals surface area (Å²) in [6.45, 7) is 6.13. The molecule has 0 aliphatic carbocycles. The minimum Gasteiger partial charge on any atom is -0.478 e. The number of piperidine rings is 1. The number of carbonyl (C=O) groups is 3. The summed E-state index contributed by atoms with van der Waals surface area (Å²) >= 11 is 0. The summed E-state index contributed by atoms with van der Waals surface area (Å²) in [5, 5.41) is 15.3. The topological polar surface area (TPSA) is 131 Å². The lowest BCUT2D eigenvalue weighted by Gasteiger charge is -2.36. The zero-order chi connectivity index (χ0) is 23.4. The fraction of sp³-hybridized carbons (Fsp3) is 0.609. The highest BCUT2D eigenvalue weighted by Gasteiger charge is 2.43. The zero-order valence-electron chi connectivity index (χ0n) is 18.9. The first-order chi connectivity index (χ1) is 16.0. The molecule has 0 radical (unpaired) electrons. The van der Waals surface area contributed by atoms with E-state index in [9.17, 15) is 14.4 Å². The number of hydrogen-bond acceptors (Lipinski definition) is 6. The summed E-state index contributed by atoms with van der Waals surface area (Å²) in [5.41, 5.74) is 6.48. The average molecular weight is 459 g/mol. The van der Waals surface area contributed by atoms with Crippen LogP contribution in [-0.4, -0.2) is 102 Å². The Bertz CT molecular complexity index is 849. The Labute approximate surface area is 194 Å². The molecular weight excluding hydrogens is 424 g/mol. The number of carbonyl (C=O) groups excluding carboxylic acids is 2. The summed E-state index contributed by atoms with van der Waals surface area (Å²) < 4.78 is 0. The van der Waals surface area contributed by atoms with Crippen LogP contribution in [0.25, 0.3) is 0 Å². The zero-order valence-corrected chi connectivity index (χ0v) is 18.9. The molecule has 1 aromatic carbocycles. The summed E-state index contributed by atoms with van der Waals surface area (Å²) in [4.78, 5) is 43.8. The van der Waals surface area contributed by atoms with E-state index in [0.717, 1.165) is 39.0 Å². The second-order valence-corrected chi connectivity index (χ2v) is 9.16. The van der Waals surface area contributed by atoms with Crippen LogP contribution in [0.4, 0.5) is 10.5 Å². The molecular formula is C23H34N6O4. The lowest BCUT2D eigenvalue weighted by molar-refractivity contribution is -0.119. The Hall–Kier alpha value is -2.69. The van der Waals surface area contributed by atoms with Crippen molar-refractivity contribution in [1.82, 2.24) is 20.0 Å². The third kappa shape index (κ3) is 5.45. The van der Waals surface area contributed by atoms with Gasteiger partial charge in [-0.05, 0) is 56.0 Å². The molecule has 3 heterocycles. The van der Waals surface area contributed by atoms with Crippen molar-refractivity contribution in [3.8, 4) is 0 Å². The van der Waals surface area contributed by atoms with Crippen LogP contribution in [0.3, 0.4) is 0 Å². The largest absolute Gasteiger partial charge is 0.478 e. The van der Waals surface area contributed by atoms with Crippen LogP contribution in [0.2, 0.25) is 0 Å². The van der Waals surface area contributed by atoms with Gasteiger partial charge in [0.2, 0.25) is 5.91 Å². The molecule has 1 aromatic rings. The van der Waals surface area contributed by atoms with Crippen LogP contribution in [-0.2, 0) is 4.79 Å². The van der Waals surface area contributed by atoms with Crippen molar-refractivity contribution in [2.75, 3.05) is 57.7 Å². The molecule has 5 N–H and O–H groups in total. The number of aromatic carboxylic acids is 1. The van der Waals surface area contributed by atoms with E-state index in [1.54, 1.807) is 17.0 Å². The smallest absolute Gasteiger partial charge is 0.335 e. The summed E-state index contributed by atoms with van der Waals surface area (Å²) in [7, 11) is 0. The van der Waals surface area contributed by atoms with Crippen LogP contribution in [0, 0.1) is 5.92 Å². The SMILES string of the molecule is NCC1CCN(C(=O)N2C[C@@H](N3CCNCC3)C[C@H]2C(=O)Nc2ccc(C(=O)O)cc2)CC1. The van der Waals surface area contributed by atoms with Crippen molar-refractivity contribution in [2.24, 2.45) is 11.7 Å². The number of amides is 3. The predicted molar refractivity (Wildman–Crippen MR) is 124 cm³/mol. The van der Waals surface area contributed by atoms with Gasteiger partial charge in [-0.2, -0.15) is 0 Å². The third-order valence-corrected chi connectivity index (χ3v) is 7.11. The second-order valence-electron chi connectivity index (χ2n) is 9.16. The number of urea groups is 1. The van der Waals surface area contributed by atoms with Gasteiger partial charge in [-0.15, -0.1) is 0 Å². The van der Waals surface area contributed by atoms with Gasteiger partial charge in [-0.3, -0.25) is 9.69 Å². The van der Waals surface area contributed by atoms with E-state index in [0.29, 0.717) is 44.2 Å². The van der Waals surface area contributed by atoms with E-state index in [2.05, 4.69) is 15.5 Å². The Morgan fingerprint density at radius 3 is 2.33 bits per heavy atom. The molecule has 0 spiro atoms. The Morgan fingerprint density at radius 2 is 1.73 bits per heavy atom. The van der Waals surface area contributed by atoms with Crippen molar-refractivity contribution < 1.29 is 19.5 Å². The molecule has 10 heteroatoms. The molecule has 33 heavy (non-hydrogen) atoms. The molecule has 0 saturated carbocycles. The number of nitrogens with two attached hydrogens (primary N) is 1. The quantitative estimate of drug-likeness (QED) is 0.504. The standard InChI is InChI=1S/C23H34N6O4/c24-14-16-5-9-28(10-6-16)23(33)29-15-19(27-11-7-25-8-12-27)13-20(29)21(30)26-18-3-1-17(2-4-18)22(31)32/h1-4,16,19-20,25H,5-15,24H2,(H,26,30)(H,31,32)/t19-,20-/m0/s1. The maximum Gasteiger partial charge on any atom is 0.335 e. The molecule has 0 bridgehead atoms. The van der Waals surface area contributed by atoms with Crippen molar-refractivity contribution in [3.05, 3.63) is 29.8 Å². The van der Waals surface area contributed by atoms with Crippen molar-refractivity contribution in [2.45, 2.75) is 31.3 Å². The van der Waals surface area contributed by atoms with Crippen LogP contribution in [0.15, 0.2) is 24.3 Å². The third-order valence-electron chi connectivity index (χ3n) is 7.11. The fourth-order valence-corrected chi connectivity index (χ4v) is 5.05. The molecule has 3 saturated heterocycles. The Morgan fingerprint density at radius 1 is 1.06 bits per heavy atom. The molecule has 4 rings (SSSR count). The Kier molecular flexibility index (Phi) is 7.46. The van der Waals surface area contributed by atoms with Gasteiger partial charge < -0.3 is 31.3 Å². The van der Waals surface area contributed by atoms with Crippen molar-refractivity contribution in [1.29, 1.82) is 0 Å². The van der Waals surface area contributed by atoms with Gasteiger partial charge in [-0.25, -0.2) is 9.59 Å². The number of carboxylic acids is 1. The molecule has 180 valence electrons. The normalized spacial score (nSPS) is 24.6. The van der Waals surface area contributed by atoms with Crippen LogP contribution < -0.4 is 16.4 Å². The number of nitrogens with zero attached hydrogens (tertiary/aromatic N) is 3. The van der Waals surface area contributed by atoms with Gasteiger partial charge in [0.25, 0.3) is 0 Å². The number of piperazine rings is 1. The first kappa shape index (κ1) is 23.5. The minimum atomic E-state index is -1.02. The number of benzene rings is 1. The number of likely N-dealkylation sites (tertiary alicyclic amines) is 2. The van der Waals surface area contributed by atoms with Gasteiger partial charge in [-0.1, -0.05) is 0 Å². The van der Waals surface area contributed by atoms with E-state index in [1.807, 2.05) is 4.90 Å². The fourth-order valence-electron chi connectivity index (χ4n) is 5.05. The highest BCUT2D eigenvalue weighted by Crippen LogP contribution is 2.27. The number of anilines is 1. The molecule has 3 aliphatic rings. The summed E-state index contributed by atoms with van der Waals surface area (Å²) in [5.74, 6) is -0.798. The van der Waals surface area contributed by atoms with E-state index < -0.39 is 12.0 Å². The maximum absolute atomic E-state index is 13.5. The highest BCUT2D eigenvalue weighted by atomic mass is 16.4. The molecule has 3 fully saturated rings. The molecule has 10 nitrogen and oxygen atoms in total. The van der Waals surface area contributed by atoms with Crippen molar-refractivity contribution >= 4 is 23.6 Å². The monoisotopic (exact) mass is 458 g/mol. The minimum absolute atomic E-state index is 0.0792. The van der Waals surface area contributed by atoms with Crippen LogP contribution >= 0.6 is 0 Å². The van der Waals surface area contributed by atoms with Crippen LogP contribution in [0.5, 0.6) is 0 Å². The number of carboxylic acid groups (broad SMARTS) is 1. The predicted octanol–water partition coefficient (Wildman–Crippen LogP) is 0.462. The number of hydrogen-bond donors (Lipinski definition) is 4. The van der Waals surface area contributed by atoms with E-state index in [1.165, 1.54) is 12.1 Å². The Balaban J connectivity index is 1.47. The number of rotatable bonds is 5. The van der Waals surface area contributed by atoms with Gasteiger partial charge in [0.1, 0.15) is 6.04 Å². The van der Waals surface area contributed by atoms with Gasteiger partial charge in [0.05, 0.1) is 5.56 Å². The second kappa shape index (κ2) is 10.5. The lowest BCUT2D eigenvalue weighted by atomic mass is 9.97. The molecule has 0 unspecified atom stereocenters. The summed E-state index contributed by atoms with van der Waals surface area (Å²) in [6, 6.07) is 5.57. The van der Waals surface area contributed by atoms with Gasteiger partial charge in [0, 0.05) is 57.5 Å². The molecule has 0 aromatic heterocycles. The maximum atomic E-state index is 13.5. The van der Waals surface area contributed by atoms with E-state index in [4.69, 9.17) is 10.8 Å². The summed E-state index contributed by atoms with van der Waals surface area (Å²) in [6.07, 6.45) is 2.37. The first-order valence-corrected chi connectivity index (χ1v) is 11.8. The average Bonchev–Trinajstić information content (AvgIpc) is 3.30. The van der Waals surface area contributed by atoms with Gasteiger partial charge in [0.15, 0.2) is 0 Å². The molecule has 2 atom stereocenters.